The van der Waals surface area contributed by atoms with Gasteiger partial charge in [0.25, 0.3) is 0 Å². The van der Waals surface area contributed by atoms with E-state index >= 15 is 0 Å². The Morgan fingerprint density at radius 1 is 1.05 bits per heavy atom. The monoisotopic (exact) mass is 314 g/mol. The number of nitrogens with zero attached hydrogens (tertiary/aromatic N) is 1. The van der Waals surface area contributed by atoms with Crippen LogP contribution in [0.4, 0.5) is 0 Å². The van der Waals surface area contributed by atoms with Crippen LogP contribution in [0.5, 0.6) is 0 Å². The van der Waals surface area contributed by atoms with Crippen LogP contribution in [-0.2, 0) is 19.1 Å². The fourth-order valence-electron chi connectivity index (χ4n) is 2.32. The fraction of sp³-hybridized carbons (Fsp3) is 0.875. The maximum absolute atomic E-state index is 12.3. The molecular formula is C16H30N2O4. The smallest absolute Gasteiger partial charge is 0.323 e. The molecule has 1 heterocycles. The van der Waals surface area contributed by atoms with Gasteiger partial charge in [0, 0.05) is 26.2 Å². The van der Waals surface area contributed by atoms with Crippen LogP contribution >= 0.6 is 0 Å². The summed E-state index contributed by atoms with van der Waals surface area (Å²) >= 11 is 0. The van der Waals surface area contributed by atoms with Gasteiger partial charge in [0.05, 0.1) is 19.6 Å². The van der Waals surface area contributed by atoms with Crippen LogP contribution in [0.15, 0.2) is 0 Å². The fourth-order valence-corrected chi connectivity index (χ4v) is 2.32. The first-order chi connectivity index (χ1) is 10.7. The molecule has 0 saturated carbocycles. The maximum Gasteiger partial charge on any atom is 0.323 e. The number of hydrogen-bond donors (Lipinski definition) is 1. The van der Waals surface area contributed by atoms with E-state index in [0.29, 0.717) is 13.2 Å². The molecule has 1 aliphatic heterocycles. The van der Waals surface area contributed by atoms with E-state index in [2.05, 4.69) is 5.32 Å². The summed E-state index contributed by atoms with van der Waals surface area (Å²) in [6.45, 7) is 8.07. The summed E-state index contributed by atoms with van der Waals surface area (Å²) in [5.74, 6) is -0.618. The summed E-state index contributed by atoms with van der Waals surface area (Å²) in [5, 5.41) is 3.25. The Morgan fingerprint density at radius 2 is 1.64 bits per heavy atom. The van der Waals surface area contributed by atoms with E-state index in [1.54, 1.807) is 0 Å². The SMILES string of the molecule is CCCCOC(=O)CC(C(=O)OCCCC)N1CCNCC1. The molecule has 0 aromatic rings. The van der Waals surface area contributed by atoms with Gasteiger partial charge in [-0.15, -0.1) is 0 Å². The topological polar surface area (TPSA) is 67.9 Å². The molecule has 0 amide bonds. The lowest BCUT2D eigenvalue weighted by Gasteiger charge is -2.32. The Morgan fingerprint density at radius 3 is 2.23 bits per heavy atom. The van der Waals surface area contributed by atoms with E-state index in [1.165, 1.54) is 0 Å². The normalized spacial score (nSPS) is 17.0. The average molecular weight is 314 g/mol. The molecule has 128 valence electrons. The van der Waals surface area contributed by atoms with Crippen LogP contribution in [0.25, 0.3) is 0 Å². The predicted octanol–water partition coefficient (Wildman–Crippen LogP) is 1.34. The van der Waals surface area contributed by atoms with E-state index in [1.807, 2.05) is 18.7 Å². The Labute approximate surface area is 133 Å². The van der Waals surface area contributed by atoms with E-state index < -0.39 is 6.04 Å². The molecule has 6 heteroatoms. The molecule has 1 saturated heterocycles. The highest BCUT2D eigenvalue weighted by atomic mass is 16.5. The number of carbonyl (C=O) groups excluding carboxylic acids is 2. The molecule has 1 N–H and O–H groups in total. The summed E-state index contributed by atoms with van der Waals surface area (Å²) < 4.78 is 10.5. The largest absolute Gasteiger partial charge is 0.466 e. The van der Waals surface area contributed by atoms with Crippen molar-refractivity contribution in [2.75, 3.05) is 39.4 Å². The summed E-state index contributed by atoms with van der Waals surface area (Å²) in [7, 11) is 0. The lowest BCUT2D eigenvalue weighted by atomic mass is 10.1. The first-order valence-electron chi connectivity index (χ1n) is 8.46. The van der Waals surface area contributed by atoms with Gasteiger partial charge in [-0.3, -0.25) is 14.5 Å². The molecule has 1 atom stereocenters. The van der Waals surface area contributed by atoms with Gasteiger partial charge in [0.15, 0.2) is 0 Å². The molecule has 1 unspecified atom stereocenters. The average Bonchev–Trinajstić information content (AvgIpc) is 2.54. The van der Waals surface area contributed by atoms with Crippen molar-refractivity contribution in [2.24, 2.45) is 0 Å². The molecule has 6 nitrogen and oxygen atoms in total. The number of rotatable bonds is 10. The second-order valence-electron chi connectivity index (χ2n) is 5.60. The van der Waals surface area contributed by atoms with Crippen molar-refractivity contribution in [3.63, 3.8) is 0 Å². The van der Waals surface area contributed by atoms with Gasteiger partial charge in [-0.2, -0.15) is 0 Å². The van der Waals surface area contributed by atoms with Gasteiger partial charge >= 0.3 is 11.9 Å². The molecule has 0 radical (unpaired) electrons. The third kappa shape index (κ3) is 7.22. The highest BCUT2D eigenvalue weighted by molar-refractivity contribution is 5.82. The van der Waals surface area contributed by atoms with Crippen molar-refractivity contribution >= 4 is 11.9 Å². The van der Waals surface area contributed by atoms with Crippen molar-refractivity contribution in [3.05, 3.63) is 0 Å². The van der Waals surface area contributed by atoms with Gasteiger partial charge in [0.2, 0.25) is 0 Å². The Kier molecular flexibility index (Phi) is 9.82. The predicted molar refractivity (Wildman–Crippen MR) is 84.6 cm³/mol. The minimum atomic E-state index is -0.520. The molecule has 1 rings (SSSR count). The molecule has 1 fully saturated rings. The number of carbonyl (C=O) groups is 2. The highest BCUT2D eigenvalue weighted by Crippen LogP contribution is 2.10. The number of piperazine rings is 1. The zero-order valence-corrected chi connectivity index (χ0v) is 13.9. The Bertz CT molecular complexity index is 330. The molecule has 0 aromatic carbocycles. The van der Waals surface area contributed by atoms with Crippen LogP contribution in [0.3, 0.4) is 0 Å². The minimum absolute atomic E-state index is 0.0780. The van der Waals surface area contributed by atoms with Crippen LogP contribution < -0.4 is 5.32 Å². The molecule has 0 aromatic heterocycles. The van der Waals surface area contributed by atoms with Crippen molar-refractivity contribution < 1.29 is 19.1 Å². The number of esters is 2. The zero-order chi connectivity index (χ0) is 16.2. The third-order valence-electron chi connectivity index (χ3n) is 3.73. The molecule has 0 spiro atoms. The van der Waals surface area contributed by atoms with Gasteiger partial charge in [-0.25, -0.2) is 0 Å². The number of hydrogen-bond acceptors (Lipinski definition) is 6. The Balaban J connectivity index is 2.52. The molecule has 0 aliphatic carbocycles. The standard InChI is InChI=1S/C16H30N2O4/c1-3-5-11-21-15(19)13-14(16(20)22-12-6-4-2)18-9-7-17-8-10-18/h14,17H,3-13H2,1-2H3. The quantitative estimate of drug-likeness (QED) is 0.485. The van der Waals surface area contributed by atoms with Gasteiger partial charge in [0.1, 0.15) is 6.04 Å². The first-order valence-corrected chi connectivity index (χ1v) is 8.46. The minimum Gasteiger partial charge on any atom is -0.466 e. The molecular weight excluding hydrogens is 284 g/mol. The van der Waals surface area contributed by atoms with E-state index in [9.17, 15) is 9.59 Å². The van der Waals surface area contributed by atoms with Crippen molar-refractivity contribution in [1.29, 1.82) is 0 Å². The van der Waals surface area contributed by atoms with Crippen molar-refractivity contribution in [2.45, 2.75) is 52.0 Å². The van der Waals surface area contributed by atoms with Gasteiger partial charge in [-0.05, 0) is 12.8 Å². The van der Waals surface area contributed by atoms with Gasteiger partial charge < -0.3 is 14.8 Å². The first kappa shape index (κ1) is 18.9. The van der Waals surface area contributed by atoms with Crippen molar-refractivity contribution in [1.82, 2.24) is 10.2 Å². The van der Waals surface area contributed by atoms with Crippen LogP contribution in [0.1, 0.15) is 46.0 Å². The number of unbranched alkanes of at least 4 members (excludes halogenated alkanes) is 2. The molecule has 22 heavy (non-hydrogen) atoms. The third-order valence-corrected chi connectivity index (χ3v) is 3.73. The van der Waals surface area contributed by atoms with E-state index in [4.69, 9.17) is 9.47 Å². The summed E-state index contributed by atoms with van der Waals surface area (Å²) in [6, 6.07) is -0.520. The van der Waals surface area contributed by atoms with Crippen LogP contribution in [-0.4, -0.2) is 62.3 Å². The summed E-state index contributed by atoms with van der Waals surface area (Å²) in [5.41, 5.74) is 0. The Hall–Kier alpha value is -1.14. The second kappa shape index (κ2) is 11.4. The van der Waals surface area contributed by atoms with E-state index in [0.717, 1.165) is 51.9 Å². The number of ether oxygens (including phenoxy) is 2. The van der Waals surface area contributed by atoms with Crippen LogP contribution in [0, 0.1) is 0 Å². The zero-order valence-electron chi connectivity index (χ0n) is 13.9. The number of nitrogens with one attached hydrogen (secondary N) is 1. The van der Waals surface area contributed by atoms with Gasteiger partial charge in [-0.1, -0.05) is 26.7 Å². The maximum atomic E-state index is 12.3. The van der Waals surface area contributed by atoms with E-state index in [-0.39, 0.29) is 18.4 Å². The summed E-state index contributed by atoms with van der Waals surface area (Å²) in [4.78, 5) is 26.2. The van der Waals surface area contributed by atoms with Crippen LogP contribution in [0.2, 0.25) is 0 Å². The molecule has 1 aliphatic rings. The molecule has 0 bridgehead atoms. The second-order valence-corrected chi connectivity index (χ2v) is 5.60. The van der Waals surface area contributed by atoms with Crippen molar-refractivity contribution in [3.8, 4) is 0 Å². The highest BCUT2D eigenvalue weighted by Gasteiger charge is 2.31. The summed E-state index contributed by atoms with van der Waals surface area (Å²) in [6.07, 6.45) is 3.73. The lowest BCUT2D eigenvalue weighted by Crippen LogP contribution is -2.52. The lowest BCUT2D eigenvalue weighted by molar-refractivity contribution is -0.157.